The summed E-state index contributed by atoms with van der Waals surface area (Å²) in [5.41, 5.74) is 4.54. The van der Waals surface area contributed by atoms with Crippen LogP contribution in [0, 0.1) is 13.8 Å². The Morgan fingerprint density at radius 2 is 1.64 bits per heavy atom. The minimum absolute atomic E-state index is 0.232. The molecule has 0 bridgehead atoms. The number of benzene rings is 2. The van der Waals surface area contributed by atoms with Gasteiger partial charge in [0.1, 0.15) is 5.69 Å². The summed E-state index contributed by atoms with van der Waals surface area (Å²) in [6, 6.07) is 18.7. The van der Waals surface area contributed by atoms with E-state index in [1.807, 2.05) is 62.4 Å². The van der Waals surface area contributed by atoms with Crippen LogP contribution in [0.1, 0.15) is 37.5 Å². The third-order valence-electron chi connectivity index (χ3n) is 4.33. The summed E-state index contributed by atoms with van der Waals surface area (Å²) in [6.45, 7) is 4.43. The second-order valence-electron chi connectivity index (χ2n) is 6.91. The Kier molecular flexibility index (Phi) is 5.84. The van der Waals surface area contributed by atoms with Gasteiger partial charge in [-0.15, -0.1) is 0 Å². The zero-order chi connectivity index (χ0) is 20.1. The monoisotopic (exact) mass is 373 g/mol. The lowest BCUT2D eigenvalue weighted by molar-refractivity contribution is 0.0779. The molecule has 0 unspecified atom stereocenters. The van der Waals surface area contributed by atoms with Gasteiger partial charge in [-0.2, -0.15) is 0 Å². The normalized spacial score (nSPS) is 10.4. The largest absolute Gasteiger partial charge is 0.336 e. The molecule has 1 heterocycles. The van der Waals surface area contributed by atoms with Crippen LogP contribution in [0.4, 0.5) is 5.69 Å². The van der Waals surface area contributed by atoms with Gasteiger partial charge in [-0.05, 0) is 54.8 Å². The van der Waals surface area contributed by atoms with Gasteiger partial charge in [0.15, 0.2) is 0 Å². The van der Waals surface area contributed by atoms with Crippen LogP contribution in [0.15, 0.2) is 66.9 Å². The standard InChI is InChI=1S/C23H23N3O2/c1-16-11-17(2)13-20(12-16)25-22(27)19-9-10-24-21(14-19)23(28)26(3)15-18-7-5-4-6-8-18/h4-14H,15H2,1-3H3,(H,25,27). The number of anilines is 1. The van der Waals surface area contributed by atoms with Crippen molar-refractivity contribution < 1.29 is 9.59 Å². The van der Waals surface area contributed by atoms with E-state index in [9.17, 15) is 9.59 Å². The van der Waals surface area contributed by atoms with Crippen molar-refractivity contribution >= 4 is 17.5 Å². The van der Waals surface area contributed by atoms with Gasteiger partial charge in [-0.1, -0.05) is 36.4 Å². The van der Waals surface area contributed by atoms with Crippen LogP contribution in [-0.2, 0) is 6.54 Å². The highest BCUT2D eigenvalue weighted by Gasteiger charge is 2.16. The number of nitrogens with zero attached hydrogens (tertiary/aromatic N) is 2. The van der Waals surface area contributed by atoms with Gasteiger partial charge in [0, 0.05) is 31.0 Å². The Morgan fingerprint density at radius 1 is 0.964 bits per heavy atom. The van der Waals surface area contributed by atoms with E-state index in [4.69, 9.17) is 0 Å². The highest BCUT2D eigenvalue weighted by molar-refractivity contribution is 6.05. The highest BCUT2D eigenvalue weighted by atomic mass is 16.2. The molecule has 3 aromatic rings. The average molecular weight is 373 g/mol. The first-order valence-corrected chi connectivity index (χ1v) is 9.07. The molecule has 1 N–H and O–H groups in total. The van der Waals surface area contributed by atoms with Crippen molar-refractivity contribution in [2.45, 2.75) is 20.4 Å². The molecule has 28 heavy (non-hydrogen) atoms. The molecule has 1 aromatic heterocycles. The number of amides is 2. The van der Waals surface area contributed by atoms with Gasteiger partial charge in [0.25, 0.3) is 11.8 Å². The van der Waals surface area contributed by atoms with E-state index in [2.05, 4.69) is 10.3 Å². The summed E-state index contributed by atoms with van der Waals surface area (Å²) in [6.07, 6.45) is 1.49. The summed E-state index contributed by atoms with van der Waals surface area (Å²) in [4.78, 5) is 31.0. The number of hydrogen-bond acceptors (Lipinski definition) is 3. The van der Waals surface area contributed by atoms with Crippen molar-refractivity contribution in [2.75, 3.05) is 12.4 Å². The lowest BCUT2D eigenvalue weighted by atomic mass is 10.1. The minimum atomic E-state index is -0.271. The summed E-state index contributed by atoms with van der Waals surface area (Å²) in [5, 5.41) is 2.88. The van der Waals surface area contributed by atoms with Crippen LogP contribution in [0.25, 0.3) is 0 Å². The maximum absolute atomic E-state index is 12.7. The predicted molar refractivity (Wildman–Crippen MR) is 110 cm³/mol. The summed E-state index contributed by atoms with van der Waals surface area (Å²) >= 11 is 0. The highest BCUT2D eigenvalue weighted by Crippen LogP contribution is 2.15. The zero-order valence-electron chi connectivity index (χ0n) is 16.3. The average Bonchev–Trinajstić information content (AvgIpc) is 2.67. The fraction of sp³-hybridized carbons (Fsp3) is 0.174. The zero-order valence-corrected chi connectivity index (χ0v) is 16.3. The molecule has 0 fully saturated rings. The molecule has 2 aromatic carbocycles. The molecule has 2 amide bonds. The topological polar surface area (TPSA) is 62.3 Å². The SMILES string of the molecule is Cc1cc(C)cc(NC(=O)c2ccnc(C(=O)N(C)Cc3ccccc3)c2)c1. The molecular formula is C23H23N3O2. The second-order valence-corrected chi connectivity index (χ2v) is 6.91. The van der Waals surface area contributed by atoms with Crippen LogP contribution in [0.5, 0.6) is 0 Å². The Labute approximate surface area is 165 Å². The smallest absolute Gasteiger partial charge is 0.272 e. The maximum atomic E-state index is 12.7. The Bertz CT molecular complexity index is 979. The fourth-order valence-electron chi connectivity index (χ4n) is 3.06. The van der Waals surface area contributed by atoms with Crippen molar-refractivity contribution in [3.8, 4) is 0 Å². The molecule has 142 valence electrons. The van der Waals surface area contributed by atoms with Crippen molar-refractivity contribution in [3.05, 3.63) is 94.8 Å². The second kappa shape index (κ2) is 8.48. The number of nitrogens with one attached hydrogen (secondary N) is 1. The van der Waals surface area contributed by atoms with Gasteiger partial charge < -0.3 is 10.2 Å². The molecule has 5 heteroatoms. The van der Waals surface area contributed by atoms with Crippen molar-refractivity contribution in [3.63, 3.8) is 0 Å². The van der Waals surface area contributed by atoms with E-state index in [0.717, 1.165) is 22.4 Å². The lowest BCUT2D eigenvalue weighted by Gasteiger charge is -2.17. The van der Waals surface area contributed by atoms with Crippen molar-refractivity contribution in [1.82, 2.24) is 9.88 Å². The number of pyridine rings is 1. The van der Waals surface area contributed by atoms with Crippen LogP contribution in [0.3, 0.4) is 0 Å². The number of aromatic nitrogens is 1. The van der Waals surface area contributed by atoms with Gasteiger partial charge in [-0.3, -0.25) is 14.6 Å². The van der Waals surface area contributed by atoms with Crippen LogP contribution >= 0.6 is 0 Å². The van der Waals surface area contributed by atoms with Crippen molar-refractivity contribution in [1.29, 1.82) is 0 Å². The summed E-state index contributed by atoms with van der Waals surface area (Å²) < 4.78 is 0. The molecular weight excluding hydrogens is 350 g/mol. The van der Waals surface area contributed by atoms with E-state index in [0.29, 0.717) is 12.1 Å². The molecule has 0 radical (unpaired) electrons. The van der Waals surface area contributed by atoms with E-state index in [1.54, 1.807) is 18.0 Å². The van der Waals surface area contributed by atoms with E-state index < -0.39 is 0 Å². The van der Waals surface area contributed by atoms with Gasteiger partial charge >= 0.3 is 0 Å². The molecule has 5 nitrogen and oxygen atoms in total. The molecule has 0 saturated carbocycles. The van der Waals surface area contributed by atoms with E-state index in [1.165, 1.54) is 12.3 Å². The first kappa shape index (κ1) is 19.3. The number of rotatable bonds is 5. The molecule has 0 saturated heterocycles. The van der Waals surface area contributed by atoms with Crippen LogP contribution in [-0.4, -0.2) is 28.7 Å². The first-order valence-electron chi connectivity index (χ1n) is 9.07. The lowest BCUT2D eigenvalue weighted by Crippen LogP contribution is -2.27. The van der Waals surface area contributed by atoms with Crippen LogP contribution < -0.4 is 5.32 Å². The van der Waals surface area contributed by atoms with Gasteiger partial charge in [0.05, 0.1) is 0 Å². The molecule has 0 atom stereocenters. The quantitative estimate of drug-likeness (QED) is 0.728. The van der Waals surface area contributed by atoms with E-state index >= 15 is 0 Å². The Morgan fingerprint density at radius 3 is 2.32 bits per heavy atom. The van der Waals surface area contributed by atoms with Gasteiger partial charge in [0.2, 0.25) is 0 Å². The van der Waals surface area contributed by atoms with Crippen molar-refractivity contribution in [2.24, 2.45) is 0 Å². The van der Waals surface area contributed by atoms with Crippen LogP contribution in [0.2, 0.25) is 0 Å². The Hall–Kier alpha value is -3.47. The third kappa shape index (κ3) is 4.82. The third-order valence-corrected chi connectivity index (χ3v) is 4.33. The molecule has 0 aliphatic heterocycles. The summed E-state index contributed by atoms with van der Waals surface area (Å²) in [5.74, 6) is -0.503. The minimum Gasteiger partial charge on any atom is -0.336 e. The molecule has 3 rings (SSSR count). The number of aryl methyl sites for hydroxylation is 2. The maximum Gasteiger partial charge on any atom is 0.272 e. The summed E-state index contributed by atoms with van der Waals surface area (Å²) in [7, 11) is 1.72. The number of hydrogen-bond donors (Lipinski definition) is 1. The first-order chi connectivity index (χ1) is 13.4. The predicted octanol–water partition coefficient (Wildman–Crippen LogP) is 4.22. The molecule has 0 spiro atoms. The molecule has 0 aliphatic rings. The number of carbonyl (C=O) groups is 2. The van der Waals surface area contributed by atoms with E-state index in [-0.39, 0.29) is 17.5 Å². The molecule has 0 aliphatic carbocycles. The fourth-order valence-corrected chi connectivity index (χ4v) is 3.06. The van der Waals surface area contributed by atoms with Gasteiger partial charge in [-0.25, -0.2) is 0 Å². The number of carbonyl (C=O) groups excluding carboxylic acids is 2. The Balaban J connectivity index is 1.73.